The molecule has 0 bridgehead atoms. The van der Waals surface area contributed by atoms with E-state index in [2.05, 4.69) is 4.18 Å². The van der Waals surface area contributed by atoms with Gasteiger partial charge in [-0.25, -0.2) is 0 Å². The van der Waals surface area contributed by atoms with Gasteiger partial charge in [-0.3, -0.25) is 0 Å². The Balaban J connectivity index is 1.98. The van der Waals surface area contributed by atoms with E-state index < -0.39 is 33.3 Å². The van der Waals surface area contributed by atoms with Crippen LogP contribution in [0.1, 0.15) is 50.5 Å². The van der Waals surface area contributed by atoms with E-state index >= 15 is 0 Å². The summed E-state index contributed by atoms with van der Waals surface area (Å²) in [5.41, 5.74) is -5.05. The van der Waals surface area contributed by atoms with Crippen molar-refractivity contribution in [3.8, 4) is 11.5 Å². The zero-order valence-electron chi connectivity index (χ0n) is 15.5. The van der Waals surface area contributed by atoms with E-state index in [0.717, 1.165) is 12.8 Å². The molecule has 2 N–H and O–H groups in total. The number of hydrogen-bond acceptors (Lipinski definition) is 7. The van der Waals surface area contributed by atoms with E-state index in [-0.39, 0.29) is 30.6 Å². The average Bonchev–Trinajstić information content (AvgIpc) is 2.60. The minimum atomic E-state index is -5.93. The zero-order chi connectivity index (χ0) is 21.4. The van der Waals surface area contributed by atoms with Crippen molar-refractivity contribution in [3.63, 3.8) is 0 Å². The molecule has 1 aromatic carbocycles. The molecule has 29 heavy (non-hydrogen) atoms. The largest absolute Gasteiger partial charge is 0.534 e. The molecule has 1 heterocycles. The van der Waals surface area contributed by atoms with Gasteiger partial charge >= 0.3 is 21.6 Å². The number of aliphatic hydroxyl groups is 2. The SMILES string of the molecule is CCCCOc1ccc2c(c1)[C@H]1CC(O)(O)CCC1=C(OS(=O)(=O)C(F)(F)F)O2. The normalized spacial score (nSPS) is 21.1. The fraction of sp³-hybridized carbons (Fsp3) is 0.556. The van der Waals surface area contributed by atoms with E-state index in [1.54, 1.807) is 6.07 Å². The van der Waals surface area contributed by atoms with Gasteiger partial charge in [0.2, 0.25) is 0 Å². The lowest BCUT2D eigenvalue weighted by Crippen LogP contribution is -2.37. The van der Waals surface area contributed by atoms with Crippen molar-refractivity contribution in [2.75, 3.05) is 6.61 Å². The second kappa shape index (κ2) is 7.69. The maximum absolute atomic E-state index is 12.7. The Bertz CT molecular complexity index is 907. The lowest BCUT2D eigenvalue weighted by molar-refractivity contribution is -0.179. The highest BCUT2D eigenvalue weighted by atomic mass is 32.2. The summed E-state index contributed by atoms with van der Waals surface area (Å²) in [7, 11) is -5.93. The van der Waals surface area contributed by atoms with E-state index in [1.165, 1.54) is 12.1 Å². The summed E-state index contributed by atoms with van der Waals surface area (Å²) < 4.78 is 76.4. The second-order valence-electron chi connectivity index (χ2n) is 7.04. The van der Waals surface area contributed by atoms with Crippen molar-refractivity contribution in [1.29, 1.82) is 0 Å². The van der Waals surface area contributed by atoms with Crippen LogP contribution in [0.15, 0.2) is 29.7 Å². The van der Waals surface area contributed by atoms with Crippen molar-refractivity contribution < 1.29 is 45.5 Å². The Hall–Kier alpha value is -1.98. The molecule has 0 radical (unpaired) electrons. The van der Waals surface area contributed by atoms with Gasteiger partial charge in [0.05, 0.1) is 6.61 Å². The van der Waals surface area contributed by atoms with Crippen LogP contribution in [-0.4, -0.2) is 36.5 Å². The van der Waals surface area contributed by atoms with Crippen LogP contribution >= 0.6 is 0 Å². The van der Waals surface area contributed by atoms with Crippen molar-refractivity contribution in [3.05, 3.63) is 35.3 Å². The van der Waals surface area contributed by atoms with Gasteiger partial charge in [0, 0.05) is 29.9 Å². The Morgan fingerprint density at radius 1 is 1.31 bits per heavy atom. The smallest absolute Gasteiger partial charge is 0.494 e. The van der Waals surface area contributed by atoms with Crippen LogP contribution in [0.3, 0.4) is 0 Å². The Kier molecular flexibility index (Phi) is 5.76. The van der Waals surface area contributed by atoms with E-state index in [4.69, 9.17) is 9.47 Å². The first-order valence-corrected chi connectivity index (χ1v) is 10.5. The number of hydrogen-bond donors (Lipinski definition) is 2. The Labute approximate surface area is 165 Å². The molecule has 0 saturated heterocycles. The average molecular weight is 438 g/mol. The molecule has 1 aliphatic carbocycles. The van der Waals surface area contributed by atoms with Crippen LogP contribution in [0, 0.1) is 0 Å². The van der Waals surface area contributed by atoms with E-state index in [0.29, 0.717) is 17.9 Å². The fourth-order valence-electron chi connectivity index (χ4n) is 3.30. The molecule has 0 amide bonds. The molecule has 0 unspecified atom stereocenters. The molecule has 1 aromatic rings. The highest BCUT2D eigenvalue weighted by Gasteiger charge is 2.51. The lowest BCUT2D eigenvalue weighted by atomic mass is 9.76. The number of rotatable bonds is 6. The predicted molar refractivity (Wildman–Crippen MR) is 94.3 cm³/mol. The van der Waals surface area contributed by atoms with Gasteiger partial charge in [-0.1, -0.05) is 13.3 Å². The van der Waals surface area contributed by atoms with Crippen LogP contribution in [0.2, 0.25) is 0 Å². The number of halogens is 3. The minimum Gasteiger partial charge on any atom is -0.494 e. The van der Waals surface area contributed by atoms with Crippen LogP contribution in [-0.2, 0) is 14.3 Å². The van der Waals surface area contributed by atoms with E-state index in [9.17, 15) is 31.8 Å². The third-order valence-corrected chi connectivity index (χ3v) is 5.74. The summed E-state index contributed by atoms with van der Waals surface area (Å²) in [5, 5.41) is 20.1. The summed E-state index contributed by atoms with van der Waals surface area (Å²) in [5.74, 6) is -3.10. The van der Waals surface area contributed by atoms with Gasteiger partial charge in [0.1, 0.15) is 11.5 Å². The topological polar surface area (TPSA) is 102 Å². The van der Waals surface area contributed by atoms with Crippen molar-refractivity contribution in [2.24, 2.45) is 0 Å². The Morgan fingerprint density at radius 2 is 2.03 bits per heavy atom. The fourth-order valence-corrected chi connectivity index (χ4v) is 3.74. The van der Waals surface area contributed by atoms with Crippen LogP contribution in [0.5, 0.6) is 11.5 Å². The first kappa shape index (κ1) is 21.7. The number of alkyl halides is 3. The van der Waals surface area contributed by atoms with Crippen molar-refractivity contribution in [1.82, 2.24) is 0 Å². The van der Waals surface area contributed by atoms with Crippen molar-refractivity contribution in [2.45, 2.75) is 56.2 Å². The predicted octanol–water partition coefficient (Wildman–Crippen LogP) is 3.28. The molecular weight excluding hydrogens is 417 g/mol. The summed E-state index contributed by atoms with van der Waals surface area (Å²) in [6.07, 6.45) is 1.18. The van der Waals surface area contributed by atoms with Crippen LogP contribution in [0.4, 0.5) is 13.2 Å². The highest BCUT2D eigenvalue weighted by molar-refractivity contribution is 7.87. The third-order valence-electron chi connectivity index (χ3n) is 4.80. The molecule has 11 heteroatoms. The molecule has 162 valence electrons. The highest BCUT2D eigenvalue weighted by Crippen LogP contribution is 2.50. The van der Waals surface area contributed by atoms with Gasteiger partial charge in [0.25, 0.3) is 0 Å². The first-order chi connectivity index (χ1) is 13.4. The Morgan fingerprint density at radius 3 is 2.69 bits per heavy atom. The van der Waals surface area contributed by atoms with Gasteiger partial charge in [-0.2, -0.15) is 21.6 Å². The number of unbranched alkanes of at least 4 members (excludes halogenated alkanes) is 1. The quantitative estimate of drug-likeness (QED) is 0.304. The molecule has 1 atom stereocenters. The minimum absolute atomic E-state index is 0.0617. The molecule has 1 saturated carbocycles. The molecule has 1 fully saturated rings. The van der Waals surface area contributed by atoms with Gasteiger partial charge < -0.3 is 23.9 Å². The molecule has 2 aliphatic rings. The molecular formula is C18H21F3O7S. The first-order valence-electron chi connectivity index (χ1n) is 9.06. The molecule has 1 aliphatic heterocycles. The van der Waals surface area contributed by atoms with Gasteiger partial charge in [-0.05, 0) is 31.0 Å². The van der Waals surface area contributed by atoms with Crippen molar-refractivity contribution >= 4 is 10.1 Å². The number of ether oxygens (including phenoxy) is 2. The lowest BCUT2D eigenvalue weighted by Gasteiger charge is -2.38. The number of benzene rings is 1. The second-order valence-corrected chi connectivity index (χ2v) is 8.58. The summed E-state index contributed by atoms with van der Waals surface area (Å²) >= 11 is 0. The van der Waals surface area contributed by atoms with Gasteiger partial charge in [0.15, 0.2) is 5.79 Å². The maximum Gasteiger partial charge on any atom is 0.534 e. The third kappa shape index (κ3) is 4.62. The standard InChI is InChI=1S/C18H21F3O7S/c1-2-3-8-26-11-4-5-15-13(9-11)14-10-17(22,23)7-6-12(14)16(27-15)28-29(24,25)18(19,20)21/h4-5,9,14,22-23H,2-3,6-8,10H2,1H3/t14-/m0/s1. The van der Waals surface area contributed by atoms with Gasteiger partial charge in [-0.15, -0.1) is 0 Å². The molecule has 0 aromatic heterocycles. The van der Waals surface area contributed by atoms with Crippen LogP contribution in [0.25, 0.3) is 0 Å². The molecule has 3 rings (SSSR count). The zero-order valence-corrected chi connectivity index (χ0v) is 16.3. The molecule has 0 spiro atoms. The summed E-state index contributed by atoms with van der Waals surface area (Å²) in [4.78, 5) is 0. The number of allylic oxidation sites excluding steroid dienone is 1. The number of fused-ring (bicyclic) bond motifs is 3. The van der Waals surface area contributed by atoms with Crippen LogP contribution < -0.4 is 9.47 Å². The summed E-state index contributed by atoms with van der Waals surface area (Å²) in [6.45, 7) is 2.47. The molecule has 7 nitrogen and oxygen atoms in total. The summed E-state index contributed by atoms with van der Waals surface area (Å²) in [6, 6.07) is 4.55. The van der Waals surface area contributed by atoms with E-state index in [1.807, 2.05) is 6.92 Å². The monoisotopic (exact) mass is 438 g/mol. The maximum atomic E-state index is 12.7.